The number of halogens is 3. The maximum atomic E-state index is 14.4. The summed E-state index contributed by atoms with van der Waals surface area (Å²) in [5.74, 6) is 0.414. The Morgan fingerprint density at radius 1 is 1.35 bits per heavy atom. The Morgan fingerprint density at radius 2 is 2.05 bits per heavy atom. The lowest BCUT2D eigenvalue weighted by Gasteiger charge is -2.27. The molecule has 1 nitrogen and oxygen atoms in total. The van der Waals surface area contributed by atoms with Gasteiger partial charge in [-0.2, -0.15) is 0 Å². The maximum Gasteiger partial charge on any atom is 0.147 e. The van der Waals surface area contributed by atoms with Crippen LogP contribution >= 0.6 is 27.5 Å². The fourth-order valence-electron chi connectivity index (χ4n) is 3.13. The Labute approximate surface area is 134 Å². The minimum Gasteiger partial charge on any atom is -0.310 e. The first-order chi connectivity index (χ1) is 9.63. The SMILES string of the molecule is CCNC(CC1CCCCC1)c1ccc(Br)c(Cl)c1F. The van der Waals surface area contributed by atoms with Gasteiger partial charge in [-0.05, 0) is 40.9 Å². The number of rotatable bonds is 5. The summed E-state index contributed by atoms with van der Waals surface area (Å²) in [6.07, 6.45) is 7.52. The molecule has 20 heavy (non-hydrogen) atoms. The molecule has 1 aromatic carbocycles. The van der Waals surface area contributed by atoms with Crippen LogP contribution in [0.15, 0.2) is 16.6 Å². The second kappa shape index (κ2) is 7.77. The molecule has 2 rings (SSSR count). The summed E-state index contributed by atoms with van der Waals surface area (Å²) in [6.45, 7) is 2.90. The molecule has 1 aliphatic rings. The molecule has 0 aliphatic heterocycles. The van der Waals surface area contributed by atoms with Gasteiger partial charge in [0.05, 0.1) is 5.02 Å². The van der Waals surface area contributed by atoms with Gasteiger partial charge >= 0.3 is 0 Å². The van der Waals surface area contributed by atoms with Crippen LogP contribution in [0.1, 0.15) is 57.1 Å². The number of hydrogen-bond donors (Lipinski definition) is 1. The first-order valence-corrected chi connectivity index (χ1v) is 8.67. The fraction of sp³-hybridized carbons (Fsp3) is 0.625. The molecule has 112 valence electrons. The third-order valence-corrected chi connectivity index (χ3v) is 5.44. The van der Waals surface area contributed by atoms with Crippen LogP contribution in [0.25, 0.3) is 0 Å². The number of hydrogen-bond acceptors (Lipinski definition) is 1. The molecular weight excluding hydrogens is 341 g/mol. The summed E-state index contributed by atoms with van der Waals surface area (Å²) >= 11 is 9.29. The molecule has 1 aliphatic carbocycles. The molecule has 4 heteroatoms. The third-order valence-electron chi connectivity index (χ3n) is 4.18. The maximum absolute atomic E-state index is 14.4. The normalized spacial score (nSPS) is 18.2. The largest absolute Gasteiger partial charge is 0.310 e. The van der Waals surface area contributed by atoms with E-state index in [1.54, 1.807) is 0 Å². The van der Waals surface area contributed by atoms with E-state index in [2.05, 4.69) is 28.2 Å². The molecule has 0 spiro atoms. The lowest BCUT2D eigenvalue weighted by Crippen LogP contribution is -2.25. The van der Waals surface area contributed by atoms with Gasteiger partial charge in [-0.25, -0.2) is 4.39 Å². The van der Waals surface area contributed by atoms with Crippen molar-refractivity contribution >= 4 is 27.5 Å². The average molecular weight is 363 g/mol. The minimum absolute atomic E-state index is 0.0636. The second-order valence-corrected chi connectivity index (χ2v) is 6.85. The topological polar surface area (TPSA) is 12.0 Å². The lowest BCUT2D eigenvalue weighted by molar-refractivity contribution is 0.298. The zero-order valence-corrected chi connectivity index (χ0v) is 14.2. The van der Waals surface area contributed by atoms with E-state index in [0.717, 1.165) is 13.0 Å². The highest BCUT2D eigenvalue weighted by atomic mass is 79.9. The predicted octanol–water partition coefficient (Wildman–Crippen LogP) is 5.86. The summed E-state index contributed by atoms with van der Waals surface area (Å²) in [5, 5.41) is 3.61. The Morgan fingerprint density at radius 3 is 2.70 bits per heavy atom. The summed E-state index contributed by atoms with van der Waals surface area (Å²) in [5.41, 5.74) is 0.700. The Bertz CT molecular complexity index is 446. The zero-order valence-electron chi connectivity index (χ0n) is 11.9. The number of benzene rings is 1. The second-order valence-electron chi connectivity index (χ2n) is 5.61. The van der Waals surface area contributed by atoms with E-state index < -0.39 is 0 Å². The van der Waals surface area contributed by atoms with Crippen molar-refractivity contribution in [1.29, 1.82) is 0 Å². The van der Waals surface area contributed by atoms with Gasteiger partial charge in [-0.1, -0.05) is 56.7 Å². The molecule has 1 saturated carbocycles. The van der Waals surface area contributed by atoms with Crippen molar-refractivity contribution < 1.29 is 4.39 Å². The van der Waals surface area contributed by atoms with Crippen molar-refractivity contribution in [2.24, 2.45) is 5.92 Å². The first-order valence-electron chi connectivity index (χ1n) is 7.50. The molecule has 1 unspecified atom stereocenters. The van der Waals surface area contributed by atoms with Gasteiger partial charge in [0.15, 0.2) is 0 Å². The summed E-state index contributed by atoms with van der Waals surface area (Å²) < 4.78 is 15.0. The van der Waals surface area contributed by atoms with Gasteiger partial charge in [-0.15, -0.1) is 0 Å². The van der Waals surface area contributed by atoms with Crippen LogP contribution in [-0.4, -0.2) is 6.54 Å². The quantitative estimate of drug-likeness (QED) is 0.647. The van der Waals surface area contributed by atoms with Gasteiger partial charge < -0.3 is 5.32 Å². The molecule has 0 heterocycles. The van der Waals surface area contributed by atoms with Crippen LogP contribution < -0.4 is 5.32 Å². The highest BCUT2D eigenvalue weighted by Gasteiger charge is 2.23. The van der Waals surface area contributed by atoms with E-state index >= 15 is 0 Å². The van der Waals surface area contributed by atoms with Gasteiger partial charge in [0.2, 0.25) is 0 Å². The third kappa shape index (κ3) is 3.96. The summed E-state index contributed by atoms with van der Waals surface area (Å²) in [4.78, 5) is 0. The lowest BCUT2D eigenvalue weighted by atomic mass is 9.83. The Balaban J connectivity index is 2.17. The van der Waals surface area contributed by atoms with Crippen LogP contribution in [0.3, 0.4) is 0 Å². The first kappa shape index (κ1) is 16.3. The average Bonchev–Trinajstić information content (AvgIpc) is 2.46. The highest BCUT2D eigenvalue weighted by Crippen LogP contribution is 2.35. The van der Waals surface area contributed by atoms with E-state index in [4.69, 9.17) is 11.6 Å². The van der Waals surface area contributed by atoms with Gasteiger partial charge in [0, 0.05) is 16.1 Å². The molecule has 0 bridgehead atoms. The molecule has 0 radical (unpaired) electrons. The molecule has 1 fully saturated rings. The number of nitrogens with one attached hydrogen (secondary N) is 1. The van der Waals surface area contributed by atoms with Crippen LogP contribution in [-0.2, 0) is 0 Å². The predicted molar refractivity (Wildman–Crippen MR) is 86.7 cm³/mol. The van der Waals surface area contributed by atoms with Crippen molar-refractivity contribution in [1.82, 2.24) is 5.32 Å². The molecular formula is C16H22BrClFN. The van der Waals surface area contributed by atoms with Gasteiger partial charge in [0.25, 0.3) is 0 Å². The molecule has 0 amide bonds. The van der Waals surface area contributed by atoms with Crippen molar-refractivity contribution in [3.63, 3.8) is 0 Å². The van der Waals surface area contributed by atoms with Crippen LogP contribution in [0.5, 0.6) is 0 Å². The van der Waals surface area contributed by atoms with Crippen LogP contribution in [0.2, 0.25) is 5.02 Å². The molecule has 0 aromatic heterocycles. The van der Waals surface area contributed by atoms with E-state index in [-0.39, 0.29) is 16.9 Å². The Kier molecular flexibility index (Phi) is 6.31. The Hall–Kier alpha value is -0.120. The fourth-order valence-corrected chi connectivity index (χ4v) is 3.61. The molecule has 1 atom stereocenters. The standard InChI is InChI=1S/C16H22BrClFN/c1-2-20-14(10-11-6-4-3-5-7-11)12-8-9-13(17)15(18)16(12)19/h8-9,11,14,20H,2-7,10H2,1H3. The minimum atomic E-state index is -0.289. The zero-order chi connectivity index (χ0) is 14.5. The van der Waals surface area contributed by atoms with Crippen molar-refractivity contribution in [2.75, 3.05) is 6.54 Å². The van der Waals surface area contributed by atoms with Gasteiger partial charge in [0.1, 0.15) is 5.82 Å². The smallest absolute Gasteiger partial charge is 0.147 e. The van der Waals surface area contributed by atoms with Crippen molar-refractivity contribution in [3.8, 4) is 0 Å². The summed E-state index contributed by atoms with van der Waals surface area (Å²) in [6, 6.07) is 3.75. The molecule has 0 saturated heterocycles. The van der Waals surface area contributed by atoms with Crippen molar-refractivity contribution in [2.45, 2.75) is 51.5 Å². The molecule has 1 N–H and O–H groups in total. The highest BCUT2D eigenvalue weighted by molar-refractivity contribution is 9.10. The summed E-state index contributed by atoms with van der Waals surface area (Å²) in [7, 11) is 0. The van der Waals surface area contributed by atoms with E-state index in [1.807, 2.05) is 12.1 Å². The van der Waals surface area contributed by atoms with E-state index in [1.165, 1.54) is 32.1 Å². The van der Waals surface area contributed by atoms with E-state index in [9.17, 15) is 4.39 Å². The van der Waals surface area contributed by atoms with E-state index in [0.29, 0.717) is 16.0 Å². The van der Waals surface area contributed by atoms with Crippen LogP contribution in [0.4, 0.5) is 4.39 Å². The molecule has 1 aromatic rings. The van der Waals surface area contributed by atoms with Crippen molar-refractivity contribution in [3.05, 3.63) is 33.0 Å². The van der Waals surface area contributed by atoms with Gasteiger partial charge in [-0.3, -0.25) is 0 Å². The van der Waals surface area contributed by atoms with Crippen LogP contribution in [0, 0.1) is 11.7 Å². The monoisotopic (exact) mass is 361 g/mol.